The molecule has 7 nitrogen and oxygen atoms in total. The molecule has 0 aliphatic heterocycles. The summed E-state index contributed by atoms with van der Waals surface area (Å²) in [6, 6.07) is 13.8. The molecule has 4 aromatic rings. The van der Waals surface area contributed by atoms with Gasteiger partial charge in [-0.15, -0.1) is 0 Å². The van der Waals surface area contributed by atoms with Gasteiger partial charge in [0.2, 0.25) is 0 Å². The van der Waals surface area contributed by atoms with Gasteiger partial charge in [0.1, 0.15) is 0 Å². The number of H-pyrrole nitrogens is 2. The highest BCUT2D eigenvalue weighted by Crippen LogP contribution is 2.15. The fourth-order valence-electron chi connectivity index (χ4n) is 2.86. The van der Waals surface area contributed by atoms with Gasteiger partial charge in [0, 0.05) is 22.7 Å². The largest absolute Gasteiger partial charge is 0.327 e. The van der Waals surface area contributed by atoms with Gasteiger partial charge in [0.25, 0.3) is 5.56 Å². The smallest absolute Gasteiger partial charge is 0.320 e. The van der Waals surface area contributed by atoms with E-state index in [-0.39, 0.29) is 16.9 Å². The highest BCUT2D eigenvalue weighted by atomic mass is 35.5. The van der Waals surface area contributed by atoms with Crippen molar-refractivity contribution in [2.75, 3.05) is 0 Å². The Morgan fingerprint density at radius 1 is 0.963 bits per heavy atom. The number of nitrogens with one attached hydrogen (secondary N) is 2. The molecule has 0 bridgehead atoms. The SMILES string of the molecule is O=C(c1ccc(Cl)cc1)c1ccc(Cn2cnc3[nH]c(=O)[nH]c(=O)c32)cc1. The zero-order valence-corrected chi connectivity index (χ0v) is 14.7. The summed E-state index contributed by atoms with van der Waals surface area (Å²) in [6.07, 6.45) is 1.49. The van der Waals surface area contributed by atoms with Crippen LogP contribution in [0.15, 0.2) is 64.4 Å². The van der Waals surface area contributed by atoms with Gasteiger partial charge in [-0.25, -0.2) is 9.78 Å². The summed E-state index contributed by atoms with van der Waals surface area (Å²) in [4.78, 5) is 44.5. The number of carbonyl (C=O) groups is 1. The zero-order valence-electron chi connectivity index (χ0n) is 13.9. The maximum atomic E-state index is 12.5. The molecule has 0 amide bonds. The zero-order chi connectivity index (χ0) is 19.0. The number of benzene rings is 2. The van der Waals surface area contributed by atoms with Crippen molar-refractivity contribution in [1.29, 1.82) is 0 Å². The minimum absolute atomic E-state index is 0.0969. The highest BCUT2D eigenvalue weighted by molar-refractivity contribution is 6.30. The highest BCUT2D eigenvalue weighted by Gasteiger charge is 2.11. The first-order chi connectivity index (χ1) is 13.0. The summed E-state index contributed by atoms with van der Waals surface area (Å²) < 4.78 is 1.64. The first-order valence-electron chi connectivity index (χ1n) is 8.08. The average molecular weight is 381 g/mol. The molecule has 0 fully saturated rings. The Morgan fingerprint density at radius 2 is 1.59 bits per heavy atom. The molecule has 2 N–H and O–H groups in total. The maximum absolute atomic E-state index is 12.5. The van der Waals surface area contributed by atoms with Gasteiger partial charge in [0.05, 0.1) is 6.33 Å². The molecule has 134 valence electrons. The van der Waals surface area contributed by atoms with Crippen molar-refractivity contribution < 1.29 is 4.79 Å². The van der Waals surface area contributed by atoms with Gasteiger partial charge in [-0.2, -0.15) is 0 Å². The van der Waals surface area contributed by atoms with E-state index in [2.05, 4.69) is 15.0 Å². The summed E-state index contributed by atoms with van der Waals surface area (Å²) in [5.41, 5.74) is 1.42. The van der Waals surface area contributed by atoms with Gasteiger partial charge in [-0.05, 0) is 29.8 Å². The van der Waals surface area contributed by atoms with Gasteiger partial charge in [-0.3, -0.25) is 19.6 Å². The molecule has 0 aliphatic rings. The van der Waals surface area contributed by atoms with E-state index in [1.54, 1.807) is 41.0 Å². The predicted octanol–water partition coefficient (Wildman–Crippen LogP) is 2.35. The molecule has 8 heteroatoms. The molecule has 0 radical (unpaired) electrons. The number of ketones is 1. The molecule has 2 heterocycles. The van der Waals surface area contributed by atoms with Crippen LogP contribution in [-0.4, -0.2) is 25.3 Å². The normalized spacial score (nSPS) is 11.0. The first-order valence-corrected chi connectivity index (χ1v) is 8.46. The van der Waals surface area contributed by atoms with E-state index in [1.807, 2.05) is 12.1 Å². The number of fused-ring (bicyclic) bond motifs is 1. The Morgan fingerprint density at radius 3 is 2.26 bits per heavy atom. The van der Waals surface area contributed by atoms with Crippen LogP contribution in [0.4, 0.5) is 0 Å². The van der Waals surface area contributed by atoms with E-state index in [0.717, 1.165) is 5.56 Å². The minimum Gasteiger partial charge on any atom is -0.320 e. The lowest BCUT2D eigenvalue weighted by atomic mass is 10.0. The third-order valence-corrected chi connectivity index (χ3v) is 4.44. The van der Waals surface area contributed by atoms with Crippen molar-refractivity contribution in [2.45, 2.75) is 6.54 Å². The Bertz CT molecular complexity index is 1250. The Hall–Kier alpha value is -3.45. The predicted molar refractivity (Wildman–Crippen MR) is 101 cm³/mol. The van der Waals surface area contributed by atoms with Crippen molar-refractivity contribution in [3.8, 4) is 0 Å². The molecular weight excluding hydrogens is 368 g/mol. The van der Waals surface area contributed by atoms with Crippen molar-refractivity contribution in [3.05, 3.63) is 97.4 Å². The molecule has 0 saturated heterocycles. The van der Waals surface area contributed by atoms with Crippen LogP contribution >= 0.6 is 11.6 Å². The number of carbonyl (C=O) groups excluding carboxylic acids is 1. The number of rotatable bonds is 4. The monoisotopic (exact) mass is 380 g/mol. The number of imidazole rings is 1. The van der Waals surface area contributed by atoms with Crippen LogP contribution in [-0.2, 0) is 6.54 Å². The van der Waals surface area contributed by atoms with Crippen LogP contribution in [0.5, 0.6) is 0 Å². The van der Waals surface area contributed by atoms with Gasteiger partial charge < -0.3 is 4.57 Å². The molecule has 0 aliphatic carbocycles. The van der Waals surface area contributed by atoms with E-state index in [1.165, 1.54) is 6.33 Å². The second kappa shape index (κ2) is 6.69. The molecule has 0 unspecified atom stereocenters. The average Bonchev–Trinajstić information content (AvgIpc) is 3.05. The lowest BCUT2D eigenvalue weighted by Crippen LogP contribution is -2.23. The number of nitrogens with zero attached hydrogens (tertiary/aromatic N) is 2. The number of hydrogen-bond acceptors (Lipinski definition) is 4. The quantitative estimate of drug-likeness (QED) is 0.530. The van der Waals surface area contributed by atoms with E-state index in [0.29, 0.717) is 22.7 Å². The first kappa shape index (κ1) is 17.0. The third-order valence-electron chi connectivity index (χ3n) is 4.19. The topological polar surface area (TPSA) is 101 Å². The molecule has 0 atom stereocenters. The lowest BCUT2D eigenvalue weighted by molar-refractivity contribution is 0.103. The fraction of sp³-hybridized carbons (Fsp3) is 0.0526. The fourth-order valence-corrected chi connectivity index (χ4v) is 2.98. The Kier molecular flexibility index (Phi) is 4.21. The van der Waals surface area contributed by atoms with E-state index < -0.39 is 11.2 Å². The molecule has 0 saturated carbocycles. The summed E-state index contributed by atoms with van der Waals surface area (Å²) in [6.45, 7) is 0.376. The second-order valence-corrected chi connectivity index (χ2v) is 6.45. The van der Waals surface area contributed by atoms with Gasteiger partial charge in [0.15, 0.2) is 16.9 Å². The number of halogens is 1. The molecule has 2 aromatic heterocycles. The van der Waals surface area contributed by atoms with Crippen molar-refractivity contribution in [3.63, 3.8) is 0 Å². The standard InChI is InChI=1S/C19H13ClN4O3/c20-14-7-5-13(6-8-14)16(25)12-3-1-11(2-4-12)9-24-10-21-17-15(24)18(26)23-19(27)22-17/h1-8,10H,9H2,(H2,22,23,26,27). The minimum atomic E-state index is -0.595. The van der Waals surface area contributed by atoms with Crippen molar-refractivity contribution in [2.24, 2.45) is 0 Å². The van der Waals surface area contributed by atoms with Crippen molar-refractivity contribution >= 4 is 28.5 Å². The van der Waals surface area contributed by atoms with E-state index in [9.17, 15) is 14.4 Å². The Balaban J connectivity index is 1.60. The summed E-state index contributed by atoms with van der Waals surface area (Å²) in [5, 5.41) is 0.575. The summed E-state index contributed by atoms with van der Waals surface area (Å²) in [7, 11) is 0. The van der Waals surface area contributed by atoms with Gasteiger partial charge >= 0.3 is 5.69 Å². The van der Waals surface area contributed by atoms with Crippen molar-refractivity contribution in [1.82, 2.24) is 19.5 Å². The van der Waals surface area contributed by atoms with Crippen LogP contribution in [0.3, 0.4) is 0 Å². The third kappa shape index (κ3) is 3.32. The molecule has 27 heavy (non-hydrogen) atoms. The number of aromatic amines is 2. The summed E-state index contributed by atoms with van der Waals surface area (Å²) in [5.74, 6) is -0.0969. The van der Waals surface area contributed by atoms with Crippen LogP contribution in [0.25, 0.3) is 11.2 Å². The summed E-state index contributed by atoms with van der Waals surface area (Å²) >= 11 is 5.85. The lowest BCUT2D eigenvalue weighted by Gasteiger charge is -2.06. The van der Waals surface area contributed by atoms with Crippen LogP contribution < -0.4 is 11.2 Å². The van der Waals surface area contributed by atoms with E-state index in [4.69, 9.17) is 11.6 Å². The molecule has 2 aromatic carbocycles. The Labute approximate surface area is 157 Å². The van der Waals surface area contributed by atoms with Gasteiger partial charge in [-0.1, -0.05) is 35.9 Å². The molecular formula is C19H13ClN4O3. The van der Waals surface area contributed by atoms with Crippen LogP contribution in [0.1, 0.15) is 21.5 Å². The number of aromatic nitrogens is 4. The molecule has 0 spiro atoms. The molecule has 4 rings (SSSR count). The van der Waals surface area contributed by atoms with Crippen LogP contribution in [0, 0.1) is 0 Å². The van der Waals surface area contributed by atoms with Crippen LogP contribution in [0.2, 0.25) is 5.02 Å². The number of hydrogen-bond donors (Lipinski definition) is 2. The van der Waals surface area contributed by atoms with E-state index >= 15 is 0 Å². The maximum Gasteiger partial charge on any atom is 0.327 e. The second-order valence-electron chi connectivity index (χ2n) is 6.01.